The van der Waals surface area contributed by atoms with Crippen molar-refractivity contribution in [1.82, 2.24) is 5.32 Å². The van der Waals surface area contributed by atoms with Gasteiger partial charge >= 0.3 is 0 Å². The van der Waals surface area contributed by atoms with Crippen molar-refractivity contribution < 1.29 is 13.2 Å². The van der Waals surface area contributed by atoms with Crippen LogP contribution in [0.5, 0.6) is 0 Å². The molecule has 2 aromatic carbocycles. The maximum Gasteiger partial charge on any atom is 0.264 e. The highest BCUT2D eigenvalue weighted by atomic mass is 35.5. The van der Waals surface area contributed by atoms with E-state index in [1.165, 1.54) is 0 Å². The highest BCUT2D eigenvalue weighted by molar-refractivity contribution is 7.92. The highest BCUT2D eigenvalue weighted by Gasteiger charge is 2.28. The van der Waals surface area contributed by atoms with Gasteiger partial charge in [0.05, 0.1) is 10.6 Å². The first kappa shape index (κ1) is 21.3. The third-order valence-electron chi connectivity index (χ3n) is 4.36. The lowest BCUT2D eigenvalue weighted by atomic mass is 10.2. The van der Waals surface area contributed by atoms with Crippen molar-refractivity contribution in [2.45, 2.75) is 45.1 Å². The molecule has 1 N–H and O–H groups in total. The molecule has 0 aliphatic rings. The van der Waals surface area contributed by atoms with E-state index in [0.717, 1.165) is 16.3 Å². The number of carbonyl (C=O) groups excluding carboxylic acids is 1. The fourth-order valence-electron chi connectivity index (χ4n) is 2.54. The summed E-state index contributed by atoms with van der Waals surface area (Å²) in [5.74, 6) is -0.362. The predicted molar refractivity (Wildman–Crippen MR) is 110 cm³/mol. The minimum atomic E-state index is -3.93. The van der Waals surface area contributed by atoms with Crippen LogP contribution in [0.4, 0.5) is 5.69 Å². The summed E-state index contributed by atoms with van der Waals surface area (Å²) >= 11 is 6.10. The molecule has 0 aliphatic heterocycles. The largest absolute Gasteiger partial charge is 0.352 e. The van der Waals surface area contributed by atoms with Gasteiger partial charge in [0.15, 0.2) is 0 Å². The van der Waals surface area contributed by atoms with Gasteiger partial charge < -0.3 is 5.32 Å². The second kappa shape index (κ2) is 8.76. The summed E-state index contributed by atoms with van der Waals surface area (Å²) in [7, 11) is -3.93. The number of sulfonamides is 1. The molecule has 27 heavy (non-hydrogen) atoms. The number of amides is 1. The number of rotatable bonds is 7. The van der Waals surface area contributed by atoms with Crippen LogP contribution >= 0.6 is 11.6 Å². The van der Waals surface area contributed by atoms with E-state index in [2.05, 4.69) is 5.32 Å². The van der Waals surface area contributed by atoms with Gasteiger partial charge in [-0.3, -0.25) is 9.10 Å². The molecule has 5 nitrogen and oxygen atoms in total. The van der Waals surface area contributed by atoms with Crippen molar-refractivity contribution in [3.63, 3.8) is 0 Å². The molecule has 0 unspecified atom stereocenters. The van der Waals surface area contributed by atoms with Crippen LogP contribution in [0, 0.1) is 13.8 Å². The van der Waals surface area contributed by atoms with Gasteiger partial charge in [0.2, 0.25) is 5.91 Å². The Hall–Kier alpha value is -2.05. The lowest BCUT2D eigenvalue weighted by molar-refractivity contribution is -0.120. The SMILES string of the molecule is CC[C@H](C)NC(=O)CN(c1cc(Cl)ccc1C)S(=O)(=O)c1ccc(C)cc1. The zero-order valence-corrected chi connectivity index (χ0v) is 17.6. The van der Waals surface area contributed by atoms with Crippen molar-refractivity contribution in [1.29, 1.82) is 0 Å². The number of halogens is 1. The summed E-state index contributed by atoms with van der Waals surface area (Å²) in [5.41, 5.74) is 2.06. The van der Waals surface area contributed by atoms with Gasteiger partial charge in [0, 0.05) is 11.1 Å². The number of aryl methyl sites for hydroxylation is 2. The molecular formula is C20H25ClN2O3S. The van der Waals surface area contributed by atoms with E-state index in [0.29, 0.717) is 16.3 Å². The van der Waals surface area contributed by atoms with E-state index in [1.807, 2.05) is 20.8 Å². The van der Waals surface area contributed by atoms with Crippen molar-refractivity contribution in [3.8, 4) is 0 Å². The molecule has 0 aromatic heterocycles. The molecular weight excluding hydrogens is 384 g/mol. The Labute approximate surface area is 166 Å². The molecule has 0 saturated heterocycles. The number of carbonyl (C=O) groups is 1. The normalized spacial score (nSPS) is 12.5. The van der Waals surface area contributed by atoms with Crippen molar-refractivity contribution in [2.24, 2.45) is 0 Å². The number of nitrogens with one attached hydrogen (secondary N) is 1. The van der Waals surface area contributed by atoms with Crippen LogP contribution in [0.1, 0.15) is 31.4 Å². The molecule has 7 heteroatoms. The molecule has 1 atom stereocenters. The Morgan fingerprint density at radius 2 is 1.78 bits per heavy atom. The van der Waals surface area contributed by atoms with Gasteiger partial charge in [-0.2, -0.15) is 0 Å². The fraction of sp³-hybridized carbons (Fsp3) is 0.350. The first-order valence-corrected chi connectivity index (χ1v) is 10.6. The van der Waals surface area contributed by atoms with E-state index in [1.54, 1.807) is 49.4 Å². The summed E-state index contributed by atoms with van der Waals surface area (Å²) in [6, 6.07) is 11.5. The maximum absolute atomic E-state index is 13.3. The van der Waals surface area contributed by atoms with Crippen LogP contribution < -0.4 is 9.62 Å². The zero-order chi connectivity index (χ0) is 20.2. The molecule has 2 aromatic rings. The quantitative estimate of drug-likeness (QED) is 0.751. The Morgan fingerprint density at radius 3 is 2.37 bits per heavy atom. The standard InChI is InChI=1S/C20H25ClN2O3S/c1-5-16(4)22-20(24)13-23(19-12-17(21)9-8-15(19)3)27(25,26)18-10-6-14(2)7-11-18/h6-12,16H,5,13H2,1-4H3,(H,22,24)/t16-/m0/s1. The van der Waals surface area contributed by atoms with Crippen LogP contribution in [0.25, 0.3) is 0 Å². The molecule has 146 valence electrons. The van der Waals surface area contributed by atoms with Crippen LogP contribution in [-0.2, 0) is 14.8 Å². The molecule has 0 aliphatic carbocycles. The molecule has 0 radical (unpaired) electrons. The minimum absolute atomic E-state index is 0.0399. The average molecular weight is 409 g/mol. The average Bonchev–Trinajstić information content (AvgIpc) is 2.62. The Bertz CT molecular complexity index is 911. The van der Waals surface area contributed by atoms with Crippen LogP contribution in [0.2, 0.25) is 5.02 Å². The zero-order valence-electron chi connectivity index (χ0n) is 16.0. The smallest absolute Gasteiger partial charge is 0.264 e. The van der Waals surface area contributed by atoms with Gasteiger partial charge in [-0.15, -0.1) is 0 Å². The second-order valence-corrected chi connectivity index (χ2v) is 8.93. The Balaban J connectivity index is 2.50. The number of benzene rings is 2. The molecule has 0 bridgehead atoms. The van der Waals surface area contributed by atoms with Crippen LogP contribution in [0.15, 0.2) is 47.4 Å². The summed E-state index contributed by atoms with van der Waals surface area (Å²) in [6.45, 7) is 7.18. The lowest BCUT2D eigenvalue weighted by Gasteiger charge is -2.26. The van der Waals surface area contributed by atoms with Gasteiger partial charge in [0.25, 0.3) is 10.0 Å². The first-order valence-electron chi connectivity index (χ1n) is 8.80. The van der Waals surface area contributed by atoms with E-state index in [9.17, 15) is 13.2 Å². The Morgan fingerprint density at radius 1 is 1.15 bits per heavy atom. The number of hydrogen-bond acceptors (Lipinski definition) is 3. The van der Waals surface area contributed by atoms with Crippen molar-refractivity contribution in [3.05, 3.63) is 58.6 Å². The third-order valence-corrected chi connectivity index (χ3v) is 6.36. The molecule has 2 rings (SSSR count). The van der Waals surface area contributed by atoms with E-state index in [4.69, 9.17) is 11.6 Å². The van der Waals surface area contributed by atoms with Crippen LogP contribution in [0.3, 0.4) is 0 Å². The van der Waals surface area contributed by atoms with E-state index < -0.39 is 10.0 Å². The van der Waals surface area contributed by atoms with Gasteiger partial charge in [-0.25, -0.2) is 8.42 Å². The fourth-order valence-corrected chi connectivity index (χ4v) is 4.19. The van der Waals surface area contributed by atoms with E-state index in [-0.39, 0.29) is 23.4 Å². The second-order valence-electron chi connectivity index (χ2n) is 6.63. The number of anilines is 1. The van der Waals surface area contributed by atoms with Crippen molar-refractivity contribution >= 4 is 33.2 Å². The van der Waals surface area contributed by atoms with E-state index >= 15 is 0 Å². The molecule has 0 spiro atoms. The predicted octanol–water partition coefficient (Wildman–Crippen LogP) is 4.07. The molecule has 0 fully saturated rings. The number of nitrogens with zero attached hydrogens (tertiary/aromatic N) is 1. The monoisotopic (exact) mass is 408 g/mol. The minimum Gasteiger partial charge on any atom is -0.352 e. The maximum atomic E-state index is 13.3. The van der Waals surface area contributed by atoms with Gasteiger partial charge in [0.1, 0.15) is 6.54 Å². The summed E-state index contributed by atoms with van der Waals surface area (Å²) in [5, 5.41) is 3.22. The first-order chi connectivity index (χ1) is 12.6. The van der Waals surface area contributed by atoms with Gasteiger partial charge in [-0.1, -0.05) is 42.3 Å². The summed E-state index contributed by atoms with van der Waals surface area (Å²) in [6.07, 6.45) is 0.757. The Kier molecular flexibility index (Phi) is 6.89. The highest BCUT2D eigenvalue weighted by Crippen LogP contribution is 2.29. The summed E-state index contributed by atoms with van der Waals surface area (Å²) in [4.78, 5) is 12.6. The topological polar surface area (TPSA) is 66.5 Å². The number of hydrogen-bond donors (Lipinski definition) is 1. The lowest BCUT2D eigenvalue weighted by Crippen LogP contribution is -2.43. The van der Waals surface area contributed by atoms with Crippen molar-refractivity contribution in [2.75, 3.05) is 10.8 Å². The summed E-state index contributed by atoms with van der Waals surface area (Å²) < 4.78 is 27.7. The van der Waals surface area contributed by atoms with Gasteiger partial charge in [-0.05, 0) is 57.0 Å². The third kappa shape index (κ3) is 5.23. The van der Waals surface area contributed by atoms with Crippen LogP contribution in [-0.4, -0.2) is 26.9 Å². The molecule has 0 saturated carbocycles. The molecule has 1 amide bonds. The molecule has 0 heterocycles.